The molecule has 1 aromatic rings. The van der Waals surface area contributed by atoms with Gasteiger partial charge < -0.3 is 18.9 Å². The van der Waals surface area contributed by atoms with Crippen molar-refractivity contribution in [3.63, 3.8) is 0 Å². The van der Waals surface area contributed by atoms with Crippen LogP contribution in [0, 0.1) is 5.92 Å². The lowest BCUT2D eigenvalue weighted by Gasteiger charge is -2.15. The highest BCUT2D eigenvalue weighted by atomic mass is 35.5. The normalized spacial score (nSPS) is 14.3. The smallest absolute Gasteiger partial charge is 0.206 e. The molecular weight excluding hydrogens is 268 g/mol. The van der Waals surface area contributed by atoms with Crippen LogP contribution in [-0.4, -0.2) is 27.6 Å². The zero-order chi connectivity index (χ0) is 13.7. The van der Waals surface area contributed by atoms with Gasteiger partial charge in [-0.05, 0) is 36.5 Å². The molecule has 0 aliphatic heterocycles. The summed E-state index contributed by atoms with van der Waals surface area (Å²) < 4.78 is 21.7. The topological polar surface area (TPSA) is 36.9 Å². The largest absolute Gasteiger partial charge is 0.493 e. The van der Waals surface area contributed by atoms with Crippen molar-refractivity contribution in [1.82, 2.24) is 0 Å². The minimum absolute atomic E-state index is 0.198. The van der Waals surface area contributed by atoms with Crippen LogP contribution in [0.5, 0.6) is 17.2 Å². The van der Waals surface area contributed by atoms with Crippen molar-refractivity contribution in [2.75, 3.05) is 27.6 Å². The maximum atomic E-state index is 5.83. The minimum atomic E-state index is 0.198. The molecule has 0 atom stereocenters. The molecule has 0 aromatic heterocycles. The van der Waals surface area contributed by atoms with Crippen molar-refractivity contribution in [3.05, 3.63) is 17.7 Å². The van der Waals surface area contributed by atoms with E-state index >= 15 is 0 Å². The van der Waals surface area contributed by atoms with Gasteiger partial charge in [-0.15, -0.1) is 11.6 Å². The van der Waals surface area contributed by atoms with Crippen molar-refractivity contribution in [2.45, 2.75) is 18.7 Å². The van der Waals surface area contributed by atoms with Crippen LogP contribution in [0.25, 0.3) is 0 Å². The predicted octanol–water partition coefficient (Wildman–Crippen LogP) is 3.21. The summed E-state index contributed by atoms with van der Waals surface area (Å²) in [6.07, 6.45) is 2.52. The van der Waals surface area contributed by atoms with E-state index in [-0.39, 0.29) is 6.79 Å². The van der Waals surface area contributed by atoms with E-state index < -0.39 is 0 Å². The lowest BCUT2D eigenvalue weighted by atomic mass is 10.2. The zero-order valence-corrected chi connectivity index (χ0v) is 12.0. The van der Waals surface area contributed by atoms with E-state index in [0.29, 0.717) is 29.0 Å². The van der Waals surface area contributed by atoms with Gasteiger partial charge in [-0.25, -0.2) is 0 Å². The summed E-state index contributed by atoms with van der Waals surface area (Å²) in [7, 11) is 3.18. The molecule has 1 aliphatic carbocycles. The lowest BCUT2D eigenvalue weighted by Crippen LogP contribution is -2.07. The van der Waals surface area contributed by atoms with Gasteiger partial charge in [-0.1, -0.05) is 0 Å². The number of alkyl halides is 1. The van der Waals surface area contributed by atoms with E-state index in [0.717, 1.165) is 12.2 Å². The van der Waals surface area contributed by atoms with E-state index in [9.17, 15) is 0 Å². The molecule has 5 heteroatoms. The Morgan fingerprint density at radius 3 is 2.26 bits per heavy atom. The first-order chi connectivity index (χ1) is 9.28. The summed E-state index contributed by atoms with van der Waals surface area (Å²) in [6, 6.07) is 3.68. The van der Waals surface area contributed by atoms with Crippen LogP contribution in [0.15, 0.2) is 12.1 Å². The molecule has 0 radical (unpaired) electrons. The highest BCUT2D eigenvalue weighted by molar-refractivity contribution is 6.17. The summed E-state index contributed by atoms with van der Waals surface area (Å²) in [6.45, 7) is 0.952. The lowest BCUT2D eigenvalue weighted by molar-refractivity contribution is 0.00728. The van der Waals surface area contributed by atoms with Gasteiger partial charge in [0.2, 0.25) is 5.75 Å². The van der Waals surface area contributed by atoms with Crippen molar-refractivity contribution < 1.29 is 18.9 Å². The Labute approximate surface area is 118 Å². The van der Waals surface area contributed by atoms with Crippen molar-refractivity contribution in [3.8, 4) is 17.2 Å². The van der Waals surface area contributed by atoms with Gasteiger partial charge in [0.25, 0.3) is 0 Å². The Morgan fingerprint density at radius 2 is 1.79 bits per heavy atom. The fourth-order valence-corrected chi connectivity index (χ4v) is 1.91. The van der Waals surface area contributed by atoms with Gasteiger partial charge in [-0.3, -0.25) is 0 Å². The zero-order valence-electron chi connectivity index (χ0n) is 11.3. The molecule has 19 heavy (non-hydrogen) atoms. The fraction of sp³-hybridized carbons (Fsp3) is 0.571. The minimum Gasteiger partial charge on any atom is -0.493 e. The Kier molecular flexibility index (Phi) is 5.16. The molecule has 1 aliphatic rings. The van der Waals surface area contributed by atoms with Gasteiger partial charge in [0.15, 0.2) is 18.3 Å². The first-order valence-electron chi connectivity index (χ1n) is 6.30. The maximum Gasteiger partial charge on any atom is 0.206 e. The standard InChI is InChI=1S/C14H19ClO4/c1-16-12-5-11(7-15)6-13(17-2)14(12)19-9-18-8-10-3-4-10/h5-6,10H,3-4,7-9H2,1-2H3. The molecule has 0 heterocycles. The van der Waals surface area contributed by atoms with Gasteiger partial charge in [0, 0.05) is 5.88 Å². The third-order valence-corrected chi connectivity index (χ3v) is 3.32. The second-order valence-corrected chi connectivity index (χ2v) is 4.81. The molecule has 0 N–H and O–H groups in total. The van der Waals surface area contributed by atoms with Gasteiger partial charge in [0.1, 0.15) is 0 Å². The number of ether oxygens (including phenoxy) is 4. The maximum absolute atomic E-state index is 5.83. The van der Waals surface area contributed by atoms with Crippen molar-refractivity contribution in [2.24, 2.45) is 5.92 Å². The van der Waals surface area contributed by atoms with E-state index in [1.807, 2.05) is 12.1 Å². The number of halogens is 1. The first-order valence-corrected chi connectivity index (χ1v) is 6.83. The molecule has 1 aromatic carbocycles. The molecule has 106 valence electrons. The molecule has 0 bridgehead atoms. The second-order valence-electron chi connectivity index (χ2n) is 4.54. The molecular formula is C14H19ClO4. The van der Waals surface area contributed by atoms with Crippen LogP contribution < -0.4 is 14.2 Å². The number of hydrogen-bond acceptors (Lipinski definition) is 4. The molecule has 1 saturated carbocycles. The summed E-state index contributed by atoms with van der Waals surface area (Å²) >= 11 is 5.83. The van der Waals surface area contributed by atoms with Gasteiger partial charge in [0.05, 0.1) is 20.8 Å². The van der Waals surface area contributed by atoms with Crippen LogP contribution >= 0.6 is 11.6 Å². The molecule has 0 saturated heterocycles. The highest BCUT2D eigenvalue weighted by Gasteiger charge is 2.21. The van der Waals surface area contributed by atoms with Crippen LogP contribution in [0.1, 0.15) is 18.4 Å². The molecule has 4 nitrogen and oxygen atoms in total. The number of methoxy groups -OCH3 is 2. The number of benzene rings is 1. The van der Waals surface area contributed by atoms with Crippen LogP contribution in [0.3, 0.4) is 0 Å². The molecule has 0 unspecified atom stereocenters. The van der Waals surface area contributed by atoms with Crippen LogP contribution in [-0.2, 0) is 10.6 Å². The van der Waals surface area contributed by atoms with E-state index in [4.69, 9.17) is 30.5 Å². The first kappa shape index (κ1) is 14.3. The molecule has 0 amide bonds. The van der Waals surface area contributed by atoms with Crippen LogP contribution in [0.2, 0.25) is 0 Å². The Morgan fingerprint density at radius 1 is 1.16 bits per heavy atom. The monoisotopic (exact) mass is 286 g/mol. The van der Waals surface area contributed by atoms with E-state index in [1.54, 1.807) is 14.2 Å². The Bertz CT molecular complexity index is 393. The Balaban J connectivity index is 2.02. The van der Waals surface area contributed by atoms with Crippen molar-refractivity contribution >= 4 is 11.6 Å². The van der Waals surface area contributed by atoms with Crippen LogP contribution in [0.4, 0.5) is 0 Å². The van der Waals surface area contributed by atoms with E-state index in [1.165, 1.54) is 12.8 Å². The second kappa shape index (κ2) is 6.87. The third kappa shape index (κ3) is 3.91. The van der Waals surface area contributed by atoms with Gasteiger partial charge in [-0.2, -0.15) is 0 Å². The number of hydrogen-bond donors (Lipinski definition) is 0. The summed E-state index contributed by atoms with van der Waals surface area (Å²) in [5.74, 6) is 2.86. The van der Waals surface area contributed by atoms with Crippen molar-refractivity contribution in [1.29, 1.82) is 0 Å². The third-order valence-electron chi connectivity index (χ3n) is 3.01. The summed E-state index contributed by atoms with van der Waals surface area (Å²) in [5, 5.41) is 0. The predicted molar refractivity (Wildman–Crippen MR) is 73.3 cm³/mol. The van der Waals surface area contributed by atoms with Gasteiger partial charge >= 0.3 is 0 Å². The SMILES string of the molecule is COc1cc(CCl)cc(OC)c1OCOCC1CC1. The summed E-state index contributed by atoms with van der Waals surface area (Å²) in [5.41, 5.74) is 0.918. The fourth-order valence-electron chi connectivity index (χ4n) is 1.75. The molecule has 1 fully saturated rings. The molecule has 0 spiro atoms. The molecule has 2 rings (SSSR count). The quantitative estimate of drug-likeness (QED) is 0.418. The average Bonchev–Trinajstić information content (AvgIpc) is 3.27. The number of rotatable bonds is 8. The highest BCUT2D eigenvalue weighted by Crippen LogP contribution is 2.39. The van der Waals surface area contributed by atoms with E-state index in [2.05, 4.69) is 0 Å². The Hall–Kier alpha value is -1.13. The summed E-state index contributed by atoms with van der Waals surface area (Å²) in [4.78, 5) is 0. The average molecular weight is 287 g/mol.